The number of carbonyl (C=O) groups excluding carboxylic acids is 1. The predicted octanol–water partition coefficient (Wildman–Crippen LogP) is 5.24. The van der Waals surface area contributed by atoms with E-state index in [1.54, 1.807) is 7.11 Å². The van der Waals surface area contributed by atoms with Crippen LogP contribution in [0.3, 0.4) is 0 Å². The van der Waals surface area contributed by atoms with Gasteiger partial charge in [-0.2, -0.15) is 4.98 Å². The van der Waals surface area contributed by atoms with E-state index in [1.165, 1.54) is 0 Å². The smallest absolute Gasteiger partial charge is 0.263 e. The average molecular weight is 520 g/mol. The van der Waals surface area contributed by atoms with Crippen molar-refractivity contribution >= 4 is 22.8 Å². The highest BCUT2D eigenvalue weighted by molar-refractivity contribution is 5.98. The van der Waals surface area contributed by atoms with Crippen LogP contribution in [0, 0.1) is 0 Å². The number of fused-ring (bicyclic) bond motifs is 1. The van der Waals surface area contributed by atoms with E-state index in [0.29, 0.717) is 48.9 Å². The van der Waals surface area contributed by atoms with Crippen LogP contribution in [0.5, 0.6) is 5.75 Å². The molecule has 0 N–H and O–H groups in total. The van der Waals surface area contributed by atoms with Gasteiger partial charge in [0.25, 0.3) is 11.6 Å². The van der Waals surface area contributed by atoms with Crippen LogP contribution in [0.1, 0.15) is 28.2 Å². The first kappa shape index (κ1) is 24.6. The quantitative estimate of drug-likeness (QED) is 0.303. The molecule has 8 nitrogen and oxygen atoms in total. The molecule has 6 rings (SSSR count). The highest BCUT2D eigenvalue weighted by Gasteiger charge is 2.27. The standard InChI is InChI=1S/C31H29N5O3/c1-38-25-16-9-8-15-24(25)31(37)36-18-10-17-35(19-20-36)29-27-28(23-13-6-3-7-14-23)34-39-30(27)33-26(32-29)21-22-11-4-2-5-12-22/h2-9,11-16H,10,17-21H2,1H3. The summed E-state index contributed by atoms with van der Waals surface area (Å²) in [6.45, 7) is 2.57. The maximum atomic E-state index is 13.4. The highest BCUT2D eigenvalue weighted by Crippen LogP contribution is 2.34. The maximum absolute atomic E-state index is 13.4. The Morgan fingerprint density at radius 2 is 1.62 bits per heavy atom. The number of ether oxygens (including phenoxy) is 1. The van der Waals surface area contributed by atoms with Gasteiger partial charge in [0.2, 0.25) is 0 Å². The number of hydrogen-bond acceptors (Lipinski definition) is 7. The monoisotopic (exact) mass is 519 g/mol. The van der Waals surface area contributed by atoms with E-state index in [2.05, 4.69) is 22.2 Å². The Balaban J connectivity index is 1.35. The Morgan fingerprint density at radius 1 is 0.872 bits per heavy atom. The Morgan fingerprint density at radius 3 is 2.41 bits per heavy atom. The van der Waals surface area contributed by atoms with Crippen molar-refractivity contribution in [3.8, 4) is 17.0 Å². The van der Waals surface area contributed by atoms with E-state index in [-0.39, 0.29) is 5.91 Å². The first-order chi connectivity index (χ1) is 19.2. The van der Waals surface area contributed by atoms with Crippen LogP contribution < -0.4 is 9.64 Å². The zero-order valence-corrected chi connectivity index (χ0v) is 21.8. The molecule has 1 amide bonds. The lowest BCUT2D eigenvalue weighted by molar-refractivity contribution is 0.0763. The molecule has 1 fully saturated rings. The van der Waals surface area contributed by atoms with E-state index >= 15 is 0 Å². The fourth-order valence-electron chi connectivity index (χ4n) is 5.08. The summed E-state index contributed by atoms with van der Waals surface area (Å²) in [5.41, 5.74) is 3.83. The minimum atomic E-state index is -0.0261. The third-order valence-corrected chi connectivity index (χ3v) is 7.04. The van der Waals surface area contributed by atoms with Crippen molar-refractivity contribution < 1.29 is 14.1 Å². The lowest BCUT2D eigenvalue weighted by Crippen LogP contribution is -2.35. The Kier molecular flexibility index (Phi) is 6.91. The van der Waals surface area contributed by atoms with Crippen molar-refractivity contribution in [3.05, 3.63) is 102 Å². The summed E-state index contributed by atoms with van der Waals surface area (Å²) in [6.07, 6.45) is 1.38. The summed E-state index contributed by atoms with van der Waals surface area (Å²) in [5.74, 6) is 2.02. The number of aromatic nitrogens is 3. The summed E-state index contributed by atoms with van der Waals surface area (Å²) in [4.78, 5) is 27.4. The predicted molar refractivity (Wildman–Crippen MR) is 150 cm³/mol. The summed E-state index contributed by atoms with van der Waals surface area (Å²) < 4.78 is 11.2. The van der Waals surface area contributed by atoms with Gasteiger partial charge >= 0.3 is 0 Å². The maximum Gasteiger partial charge on any atom is 0.263 e. The first-order valence-electron chi connectivity index (χ1n) is 13.1. The number of benzene rings is 3. The molecule has 8 heteroatoms. The molecule has 0 spiro atoms. The van der Waals surface area contributed by atoms with Crippen molar-refractivity contribution in [2.45, 2.75) is 12.8 Å². The van der Waals surface area contributed by atoms with Crippen LogP contribution >= 0.6 is 0 Å². The molecular formula is C31H29N5O3. The van der Waals surface area contributed by atoms with E-state index < -0.39 is 0 Å². The van der Waals surface area contributed by atoms with E-state index in [9.17, 15) is 4.79 Å². The average Bonchev–Trinajstić information content (AvgIpc) is 3.26. The van der Waals surface area contributed by atoms with E-state index in [4.69, 9.17) is 19.2 Å². The van der Waals surface area contributed by atoms with Crippen LogP contribution in [0.2, 0.25) is 0 Å². The Labute approximate surface area is 226 Å². The van der Waals surface area contributed by atoms with Gasteiger partial charge in [-0.1, -0.05) is 78.0 Å². The summed E-state index contributed by atoms with van der Waals surface area (Å²) >= 11 is 0. The summed E-state index contributed by atoms with van der Waals surface area (Å²) in [5, 5.41) is 5.21. The molecule has 3 aromatic carbocycles. The molecule has 0 saturated carbocycles. The molecular weight excluding hydrogens is 490 g/mol. The number of para-hydroxylation sites is 1. The summed E-state index contributed by atoms with van der Waals surface area (Å²) in [6, 6.07) is 27.5. The van der Waals surface area contributed by atoms with Crippen LogP contribution in [0.25, 0.3) is 22.4 Å². The Hall–Kier alpha value is -4.72. The third kappa shape index (κ3) is 5.05. The minimum Gasteiger partial charge on any atom is -0.496 e. The zero-order valence-electron chi connectivity index (χ0n) is 21.8. The van der Waals surface area contributed by atoms with Crippen LogP contribution in [-0.2, 0) is 6.42 Å². The van der Waals surface area contributed by atoms with Crippen molar-refractivity contribution in [1.29, 1.82) is 0 Å². The fourth-order valence-corrected chi connectivity index (χ4v) is 5.08. The van der Waals surface area contributed by atoms with Gasteiger partial charge < -0.3 is 19.1 Å². The van der Waals surface area contributed by atoms with E-state index in [0.717, 1.165) is 41.0 Å². The molecule has 0 aliphatic carbocycles. The van der Waals surface area contributed by atoms with Crippen molar-refractivity contribution in [1.82, 2.24) is 20.0 Å². The topological polar surface area (TPSA) is 84.6 Å². The number of amides is 1. The second-order valence-corrected chi connectivity index (χ2v) is 9.54. The molecule has 1 saturated heterocycles. The second kappa shape index (κ2) is 10.9. The number of methoxy groups -OCH3 is 1. The number of rotatable bonds is 6. The minimum absolute atomic E-state index is 0.0261. The second-order valence-electron chi connectivity index (χ2n) is 9.54. The van der Waals surface area contributed by atoms with Gasteiger partial charge in [-0.3, -0.25) is 4.79 Å². The molecule has 39 heavy (non-hydrogen) atoms. The number of anilines is 1. The van der Waals surface area contributed by atoms with Crippen LogP contribution in [-0.4, -0.2) is 59.2 Å². The number of hydrogen-bond donors (Lipinski definition) is 0. The molecule has 0 unspecified atom stereocenters. The lowest BCUT2D eigenvalue weighted by Gasteiger charge is -2.24. The zero-order chi connectivity index (χ0) is 26.6. The van der Waals surface area contributed by atoms with Crippen molar-refractivity contribution in [2.75, 3.05) is 38.2 Å². The largest absolute Gasteiger partial charge is 0.496 e. The first-order valence-corrected chi connectivity index (χ1v) is 13.1. The molecule has 1 aliphatic rings. The SMILES string of the molecule is COc1ccccc1C(=O)N1CCCN(c2nc(Cc3ccccc3)nc3onc(-c4ccccc4)c23)CC1. The molecule has 0 bridgehead atoms. The number of carbonyl (C=O) groups is 1. The highest BCUT2D eigenvalue weighted by atomic mass is 16.5. The summed E-state index contributed by atoms with van der Waals surface area (Å²) in [7, 11) is 1.59. The molecule has 196 valence electrons. The molecule has 5 aromatic rings. The van der Waals surface area contributed by atoms with Crippen LogP contribution in [0.15, 0.2) is 89.5 Å². The van der Waals surface area contributed by atoms with Crippen molar-refractivity contribution in [3.63, 3.8) is 0 Å². The normalized spacial score (nSPS) is 13.9. The van der Waals surface area contributed by atoms with Crippen LogP contribution in [0.4, 0.5) is 5.82 Å². The molecule has 3 heterocycles. The van der Waals surface area contributed by atoms with Gasteiger partial charge in [0.15, 0.2) is 0 Å². The van der Waals surface area contributed by atoms with Gasteiger partial charge in [0.05, 0.1) is 12.7 Å². The van der Waals surface area contributed by atoms with Gasteiger partial charge in [0.1, 0.15) is 28.5 Å². The number of nitrogens with zero attached hydrogens (tertiary/aromatic N) is 5. The Bertz CT molecular complexity index is 1590. The molecule has 0 radical (unpaired) electrons. The molecule has 2 aromatic heterocycles. The fraction of sp³-hybridized carbons (Fsp3) is 0.226. The molecule has 1 aliphatic heterocycles. The van der Waals surface area contributed by atoms with Gasteiger partial charge in [0, 0.05) is 38.2 Å². The third-order valence-electron chi connectivity index (χ3n) is 7.04. The van der Waals surface area contributed by atoms with Gasteiger partial charge in [-0.15, -0.1) is 0 Å². The van der Waals surface area contributed by atoms with E-state index in [1.807, 2.05) is 77.7 Å². The van der Waals surface area contributed by atoms with Gasteiger partial charge in [-0.25, -0.2) is 4.98 Å². The van der Waals surface area contributed by atoms with Gasteiger partial charge in [-0.05, 0) is 24.1 Å². The molecule has 0 atom stereocenters. The van der Waals surface area contributed by atoms with Crippen molar-refractivity contribution in [2.24, 2.45) is 0 Å². The lowest BCUT2D eigenvalue weighted by atomic mass is 10.1.